The van der Waals surface area contributed by atoms with E-state index >= 15 is 0 Å². The number of amides is 2. The molecule has 0 unspecified atom stereocenters. The van der Waals surface area contributed by atoms with Crippen molar-refractivity contribution in [1.82, 2.24) is 10.2 Å². The number of nitrogens with one attached hydrogen (secondary N) is 1. The molecule has 0 radical (unpaired) electrons. The quantitative estimate of drug-likeness (QED) is 0.562. The number of hydrogen-bond acceptors (Lipinski definition) is 3. The van der Waals surface area contributed by atoms with E-state index in [1.807, 2.05) is 38.1 Å². The number of carbonyl (C=O) groups is 2. The Morgan fingerprint density at radius 3 is 2.21 bits per heavy atom. The van der Waals surface area contributed by atoms with Gasteiger partial charge in [0.15, 0.2) is 0 Å². The molecule has 0 fully saturated rings. The zero-order valence-corrected chi connectivity index (χ0v) is 19.2. The average molecular weight is 481 g/mol. The summed E-state index contributed by atoms with van der Waals surface area (Å²) < 4.78 is 14.2. The third-order valence-corrected chi connectivity index (χ3v) is 5.79. The number of halogens is 2. The van der Waals surface area contributed by atoms with Crippen LogP contribution in [0.15, 0.2) is 53.0 Å². The van der Waals surface area contributed by atoms with E-state index in [0.29, 0.717) is 5.75 Å². The van der Waals surface area contributed by atoms with Crippen molar-refractivity contribution in [1.29, 1.82) is 0 Å². The smallest absolute Gasteiger partial charge is 0.242 e. The zero-order chi connectivity index (χ0) is 21.4. The molecule has 0 aliphatic heterocycles. The molecule has 0 aliphatic rings. The summed E-state index contributed by atoms with van der Waals surface area (Å²) in [4.78, 5) is 27.0. The second kappa shape index (κ2) is 11.4. The molecule has 29 heavy (non-hydrogen) atoms. The molecular weight excluding hydrogens is 455 g/mol. The largest absolute Gasteiger partial charge is 0.352 e. The maximum atomic E-state index is 13.2. The minimum Gasteiger partial charge on any atom is -0.352 e. The van der Waals surface area contributed by atoms with Gasteiger partial charge in [-0.3, -0.25) is 9.59 Å². The van der Waals surface area contributed by atoms with Gasteiger partial charge in [0, 0.05) is 22.8 Å². The molecule has 0 saturated heterocycles. The third-order valence-electron chi connectivity index (χ3n) is 4.27. The van der Waals surface area contributed by atoms with E-state index in [1.165, 1.54) is 23.9 Å². The Bertz CT molecular complexity index is 813. The van der Waals surface area contributed by atoms with Crippen LogP contribution in [0.2, 0.25) is 0 Å². The highest BCUT2D eigenvalue weighted by atomic mass is 79.9. The fourth-order valence-corrected chi connectivity index (χ4v) is 3.83. The van der Waals surface area contributed by atoms with Gasteiger partial charge >= 0.3 is 0 Å². The maximum Gasteiger partial charge on any atom is 0.242 e. The number of nitrogens with zero attached hydrogens (tertiary/aromatic N) is 1. The van der Waals surface area contributed by atoms with Gasteiger partial charge in [0.25, 0.3) is 0 Å². The summed E-state index contributed by atoms with van der Waals surface area (Å²) in [7, 11) is 0. The predicted octanol–water partition coefficient (Wildman–Crippen LogP) is 4.76. The van der Waals surface area contributed by atoms with Crippen LogP contribution in [0.25, 0.3) is 0 Å². The average Bonchev–Trinajstić information content (AvgIpc) is 2.68. The van der Waals surface area contributed by atoms with Gasteiger partial charge < -0.3 is 10.2 Å². The van der Waals surface area contributed by atoms with Crippen molar-refractivity contribution in [2.45, 2.75) is 45.2 Å². The summed E-state index contributed by atoms with van der Waals surface area (Å²) in [5.74, 6) is 0.311. The van der Waals surface area contributed by atoms with Gasteiger partial charge in [-0.1, -0.05) is 40.2 Å². The summed E-state index contributed by atoms with van der Waals surface area (Å²) in [6.07, 6.45) is 0. The second-order valence-corrected chi connectivity index (χ2v) is 9.01. The van der Waals surface area contributed by atoms with Gasteiger partial charge in [-0.2, -0.15) is 0 Å². The lowest BCUT2D eigenvalue weighted by atomic mass is 10.1. The van der Waals surface area contributed by atoms with Crippen LogP contribution in [0.4, 0.5) is 4.39 Å². The monoisotopic (exact) mass is 480 g/mol. The zero-order valence-electron chi connectivity index (χ0n) is 16.8. The highest BCUT2D eigenvalue weighted by molar-refractivity contribution is 9.10. The van der Waals surface area contributed by atoms with E-state index in [4.69, 9.17) is 0 Å². The van der Waals surface area contributed by atoms with Gasteiger partial charge in [-0.15, -0.1) is 11.8 Å². The lowest BCUT2D eigenvalue weighted by molar-refractivity contribution is -0.138. The van der Waals surface area contributed by atoms with Gasteiger partial charge in [0.05, 0.1) is 5.75 Å². The van der Waals surface area contributed by atoms with E-state index < -0.39 is 6.04 Å². The molecule has 1 atom stereocenters. The molecule has 2 rings (SSSR count). The van der Waals surface area contributed by atoms with E-state index in [2.05, 4.69) is 21.2 Å². The van der Waals surface area contributed by atoms with Crippen molar-refractivity contribution in [2.24, 2.45) is 0 Å². The maximum absolute atomic E-state index is 13.2. The Hall–Kier alpha value is -1.86. The Balaban J connectivity index is 2.05. The second-order valence-electron chi connectivity index (χ2n) is 7.11. The lowest BCUT2D eigenvalue weighted by Gasteiger charge is -2.29. The minimum atomic E-state index is -0.622. The summed E-state index contributed by atoms with van der Waals surface area (Å²) in [5, 5.41) is 2.86. The van der Waals surface area contributed by atoms with Gasteiger partial charge in [0.2, 0.25) is 11.8 Å². The Labute approximate surface area is 184 Å². The van der Waals surface area contributed by atoms with Crippen molar-refractivity contribution in [3.05, 3.63) is 69.9 Å². The van der Waals surface area contributed by atoms with Crippen molar-refractivity contribution in [2.75, 3.05) is 5.75 Å². The van der Waals surface area contributed by atoms with E-state index in [-0.39, 0.29) is 36.0 Å². The first-order valence-corrected chi connectivity index (χ1v) is 11.4. The lowest BCUT2D eigenvalue weighted by Crippen LogP contribution is -2.49. The molecule has 2 aromatic carbocycles. The molecule has 156 valence electrons. The molecule has 2 aromatic rings. The highest BCUT2D eigenvalue weighted by Gasteiger charge is 2.26. The molecule has 7 heteroatoms. The normalized spacial score (nSPS) is 11.9. The molecule has 1 N–H and O–H groups in total. The SMILES string of the molecule is CC(C)NC(=O)[C@H](C)N(Cc1ccc(F)cc1)C(=O)CSCc1ccc(Br)cc1. The molecule has 0 heterocycles. The summed E-state index contributed by atoms with van der Waals surface area (Å²) in [5.41, 5.74) is 1.91. The first-order valence-electron chi connectivity index (χ1n) is 9.42. The van der Waals surface area contributed by atoms with Gasteiger partial charge in [-0.05, 0) is 56.2 Å². The van der Waals surface area contributed by atoms with E-state index in [9.17, 15) is 14.0 Å². The molecule has 2 amide bonds. The fourth-order valence-electron chi connectivity index (χ4n) is 2.69. The van der Waals surface area contributed by atoms with Crippen LogP contribution in [0.1, 0.15) is 31.9 Å². The molecule has 0 saturated carbocycles. The van der Waals surface area contributed by atoms with Crippen LogP contribution in [0.5, 0.6) is 0 Å². The first-order chi connectivity index (χ1) is 13.8. The topological polar surface area (TPSA) is 49.4 Å². The molecular formula is C22H26BrFN2O2S. The van der Waals surface area contributed by atoms with Crippen molar-refractivity contribution in [3.63, 3.8) is 0 Å². The van der Waals surface area contributed by atoms with Gasteiger partial charge in [0.1, 0.15) is 11.9 Å². The van der Waals surface area contributed by atoms with Crippen LogP contribution in [-0.4, -0.2) is 34.6 Å². The van der Waals surface area contributed by atoms with Crippen LogP contribution in [0.3, 0.4) is 0 Å². The highest BCUT2D eigenvalue weighted by Crippen LogP contribution is 2.18. The van der Waals surface area contributed by atoms with Crippen LogP contribution in [0, 0.1) is 5.82 Å². The Morgan fingerprint density at radius 2 is 1.62 bits per heavy atom. The summed E-state index contributed by atoms with van der Waals surface area (Å²) in [6, 6.07) is 13.3. The van der Waals surface area contributed by atoms with Crippen molar-refractivity contribution < 1.29 is 14.0 Å². The standard InChI is InChI=1S/C22H26BrFN2O2S/c1-15(2)25-22(28)16(3)26(12-17-6-10-20(24)11-7-17)21(27)14-29-13-18-4-8-19(23)9-5-18/h4-11,15-16H,12-14H2,1-3H3,(H,25,28)/t16-/m0/s1. The first kappa shape index (κ1) is 23.4. The molecule has 0 bridgehead atoms. The summed E-state index contributed by atoms with van der Waals surface area (Å²) >= 11 is 4.92. The van der Waals surface area contributed by atoms with E-state index in [1.54, 1.807) is 24.0 Å². The van der Waals surface area contributed by atoms with Crippen LogP contribution < -0.4 is 5.32 Å². The molecule has 0 aromatic heterocycles. The summed E-state index contributed by atoms with van der Waals surface area (Å²) in [6.45, 7) is 5.73. The number of rotatable bonds is 9. The third kappa shape index (κ3) is 7.82. The number of benzene rings is 2. The van der Waals surface area contributed by atoms with Crippen molar-refractivity contribution >= 4 is 39.5 Å². The number of hydrogen-bond donors (Lipinski definition) is 1. The number of thioether (sulfide) groups is 1. The fraction of sp³-hybridized carbons (Fsp3) is 0.364. The van der Waals surface area contributed by atoms with Crippen molar-refractivity contribution in [3.8, 4) is 0 Å². The predicted molar refractivity (Wildman–Crippen MR) is 120 cm³/mol. The van der Waals surface area contributed by atoms with Crippen LogP contribution >= 0.6 is 27.7 Å². The molecule has 0 aliphatic carbocycles. The number of carbonyl (C=O) groups excluding carboxylic acids is 2. The Morgan fingerprint density at radius 1 is 1.03 bits per heavy atom. The molecule has 0 spiro atoms. The molecule has 4 nitrogen and oxygen atoms in total. The van der Waals surface area contributed by atoms with Gasteiger partial charge in [-0.25, -0.2) is 4.39 Å². The van der Waals surface area contributed by atoms with Crippen LogP contribution in [-0.2, 0) is 21.9 Å². The Kier molecular flexibility index (Phi) is 9.17. The minimum absolute atomic E-state index is 0.0143. The van der Waals surface area contributed by atoms with E-state index in [0.717, 1.165) is 15.6 Å².